The Balaban J connectivity index is 3.51. The van der Waals surface area contributed by atoms with Crippen molar-refractivity contribution < 1.29 is 0 Å². The molecule has 0 aromatic rings. The highest BCUT2D eigenvalue weighted by Crippen LogP contribution is 1.94. The molecule has 0 bridgehead atoms. The zero-order valence-electron chi connectivity index (χ0n) is 8.35. The highest BCUT2D eigenvalue weighted by atomic mass is 15.5. The van der Waals surface area contributed by atoms with Gasteiger partial charge in [0.25, 0.3) is 0 Å². The quantitative estimate of drug-likeness (QED) is 0.595. The second kappa shape index (κ2) is 6.62. The van der Waals surface area contributed by atoms with Crippen LogP contribution in [0.4, 0.5) is 0 Å². The predicted molar refractivity (Wildman–Crippen MR) is 50.4 cm³/mol. The third kappa shape index (κ3) is 5.22. The van der Waals surface area contributed by atoms with Crippen LogP contribution in [0.3, 0.4) is 0 Å². The molecule has 0 atom stereocenters. The Bertz CT molecular complexity index is 81.6. The van der Waals surface area contributed by atoms with Crippen molar-refractivity contribution in [1.29, 1.82) is 0 Å². The van der Waals surface area contributed by atoms with Crippen LogP contribution in [0.1, 0.15) is 40.5 Å². The lowest BCUT2D eigenvalue weighted by atomic mass is 10.3. The monoisotopic (exact) mass is 158 g/mol. The lowest BCUT2D eigenvalue weighted by molar-refractivity contribution is 0.144. The van der Waals surface area contributed by atoms with Gasteiger partial charge in [0.05, 0.1) is 0 Å². The highest BCUT2D eigenvalue weighted by Gasteiger charge is 2.05. The van der Waals surface area contributed by atoms with E-state index >= 15 is 0 Å². The molecule has 1 N–H and O–H groups in total. The van der Waals surface area contributed by atoms with E-state index in [4.69, 9.17) is 0 Å². The summed E-state index contributed by atoms with van der Waals surface area (Å²) in [6, 6.07) is 0.612. The van der Waals surface area contributed by atoms with Crippen molar-refractivity contribution >= 4 is 0 Å². The van der Waals surface area contributed by atoms with E-state index in [-0.39, 0.29) is 0 Å². The molecule has 0 spiro atoms. The fraction of sp³-hybridized carbons (Fsp3) is 1.00. The summed E-state index contributed by atoms with van der Waals surface area (Å²) in [6.45, 7) is 11.1. The lowest BCUT2D eigenvalue weighted by Gasteiger charge is -2.26. The van der Waals surface area contributed by atoms with Crippen LogP contribution in [0.5, 0.6) is 0 Å². The summed E-state index contributed by atoms with van der Waals surface area (Å²) in [5.74, 6) is 0. The second-order valence-corrected chi connectivity index (χ2v) is 3.20. The van der Waals surface area contributed by atoms with E-state index < -0.39 is 0 Å². The van der Waals surface area contributed by atoms with Crippen molar-refractivity contribution in [3.63, 3.8) is 0 Å². The number of hydrogen-bond acceptors (Lipinski definition) is 2. The number of nitrogens with zero attached hydrogens (tertiary/aromatic N) is 1. The summed E-state index contributed by atoms with van der Waals surface area (Å²) in [5.41, 5.74) is 3.40. The van der Waals surface area contributed by atoms with E-state index in [1.165, 1.54) is 12.8 Å². The molecule has 0 aromatic heterocycles. The molecule has 0 aliphatic heterocycles. The first kappa shape index (κ1) is 10.9. The fourth-order valence-electron chi connectivity index (χ4n) is 1.02. The lowest BCUT2D eigenvalue weighted by Crippen LogP contribution is -2.43. The van der Waals surface area contributed by atoms with Gasteiger partial charge in [-0.25, -0.2) is 5.01 Å². The van der Waals surface area contributed by atoms with Crippen molar-refractivity contribution in [2.75, 3.05) is 13.1 Å². The number of hydrogen-bond donors (Lipinski definition) is 1. The van der Waals surface area contributed by atoms with Gasteiger partial charge in [0.15, 0.2) is 0 Å². The third-order valence-electron chi connectivity index (χ3n) is 1.65. The molecule has 0 aliphatic carbocycles. The molecule has 0 aliphatic rings. The van der Waals surface area contributed by atoms with Crippen LogP contribution in [-0.4, -0.2) is 24.1 Å². The van der Waals surface area contributed by atoms with Crippen molar-refractivity contribution in [2.24, 2.45) is 0 Å². The molecule has 0 amide bonds. The van der Waals surface area contributed by atoms with Crippen LogP contribution < -0.4 is 5.43 Å². The van der Waals surface area contributed by atoms with Gasteiger partial charge in [-0.3, -0.25) is 5.43 Å². The van der Waals surface area contributed by atoms with Crippen molar-refractivity contribution in [1.82, 2.24) is 10.4 Å². The normalized spacial score (nSPS) is 11.5. The van der Waals surface area contributed by atoms with Gasteiger partial charge in [-0.1, -0.05) is 13.8 Å². The van der Waals surface area contributed by atoms with E-state index in [2.05, 4.69) is 38.1 Å². The van der Waals surface area contributed by atoms with E-state index in [1.807, 2.05) is 0 Å². The summed E-state index contributed by atoms with van der Waals surface area (Å²) in [7, 11) is 0. The summed E-state index contributed by atoms with van der Waals surface area (Å²) < 4.78 is 0. The molecule has 11 heavy (non-hydrogen) atoms. The number of nitrogens with one attached hydrogen (secondary N) is 1. The molecule has 2 heteroatoms. The van der Waals surface area contributed by atoms with Crippen LogP contribution >= 0.6 is 0 Å². The zero-order chi connectivity index (χ0) is 8.69. The summed E-state index contributed by atoms with van der Waals surface area (Å²) in [4.78, 5) is 0. The minimum atomic E-state index is 0.612. The molecule has 0 saturated carbocycles. The first-order valence-electron chi connectivity index (χ1n) is 4.72. The number of hydrazine groups is 1. The summed E-state index contributed by atoms with van der Waals surface area (Å²) >= 11 is 0. The molecular formula is C9H22N2. The SMILES string of the molecule is CCCNN(CCC)C(C)C. The second-order valence-electron chi connectivity index (χ2n) is 3.20. The molecule has 0 unspecified atom stereocenters. The number of rotatable bonds is 6. The average molecular weight is 158 g/mol. The van der Waals surface area contributed by atoms with Crippen LogP contribution in [0, 0.1) is 0 Å². The largest absolute Gasteiger partial charge is 0.255 e. The zero-order valence-corrected chi connectivity index (χ0v) is 8.35. The molecule has 0 aromatic carbocycles. The molecular weight excluding hydrogens is 136 g/mol. The smallest absolute Gasteiger partial charge is 0.0187 e. The van der Waals surface area contributed by atoms with Gasteiger partial charge in [-0.15, -0.1) is 0 Å². The Morgan fingerprint density at radius 2 is 1.82 bits per heavy atom. The highest BCUT2D eigenvalue weighted by molar-refractivity contribution is 4.56. The fourth-order valence-corrected chi connectivity index (χ4v) is 1.02. The molecule has 0 fully saturated rings. The molecule has 0 rings (SSSR count). The van der Waals surface area contributed by atoms with Gasteiger partial charge in [0.1, 0.15) is 0 Å². The maximum absolute atomic E-state index is 3.40. The van der Waals surface area contributed by atoms with Gasteiger partial charge in [0, 0.05) is 19.1 Å². The third-order valence-corrected chi connectivity index (χ3v) is 1.65. The van der Waals surface area contributed by atoms with E-state index in [1.54, 1.807) is 0 Å². The predicted octanol–water partition coefficient (Wildman–Crippen LogP) is 2.02. The van der Waals surface area contributed by atoms with E-state index in [0.29, 0.717) is 6.04 Å². The molecule has 2 nitrogen and oxygen atoms in total. The summed E-state index contributed by atoms with van der Waals surface area (Å²) in [5, 5.41) is 2.31. The first-order chi connectivity index (χ1) is 5.22. The Hall–Kier alpha value is -0.0800. The first-order valence-corrected chi connectivity index (χ1v) is 4.72. The Morgan fingerprint density at radius 1 is 1.18 bits per heavy atom. The van der Waals surface area contributed by atoms with Gasteiger partial charge < -0.3 is 0 Å². The van der Waals surface area contributed by atoms with Crippen LogP contribution in [-0.2, 0) is 0 Å². The molecule has 0 saturated heterocycles. The van der Waals surface area contributed by atoms with Gasteiger partial charge in [-0.2, -0.15) is 0 Å². The van der Waals surface area contributed by atoms with Crippen LogP contribution in [0.2, 0.25) is 0 Å². The molecule has 68 valence electrons. The summed E-state index contributed by atoms with van der Waals surface area (Å²) in [6.07, 6.45) is 2.42. The molecule has 0 radical (unpaired) electrons. The maximum Gasteiger partial charge on any atom is 0.0187 e. The Morgan fingerprint density at radius 3 is 2.18 bits per heavy atom. The van der Waals surface area contributed by atoms with Crippen LogP contribution in [0.15, 0.2) is 0 Å². The van der Waals surface area contributed by atoms with Gasteiger partial charge >= 0.3 is 0 Å². The topological polar surface area (TPSA) is 15.3 Å². The minimum absolute atomic E-state index is 0.612. The Labute approximate surface area is 70.9 Å². The Kier molecular flexibility index (Phi) is 6.57. The van der Waals surface area contributed by atoms with Crippen molar-refractivity contribution in [3.05, 3.63) is 0 Å². The van der Waals surface area contributed by atoms with Crippen molar-refractivity contribution in [2.45, 2.75) is 46.6 Å². The van der Waals surface area contributed by atoms with Gasteiger partial charge in [0.2, 0.25) is 0 Å². The van der Waals surface area contributed by atoms with Crippen LogP contribution in [0.25, 0.3) is 0 Å². The standard InChI is InChI=1S/C9H22N2/c1-5-7-10-11(8-6-2)9(3)4/h9-10H,5-8H2,1-4H3. The molecule has 0 heterocycles. The maximum atomic E-state index is 3.40. The van der Waals surface area contributed by atoms with E-state index in [9.17, 15) is 0 Å². The van der Waals surface area contributed by atoms with Crippen molar-refractivity contribution in [3.8, 4) is 0 Å². The average Bonchev–Trinajstić information content (AvgIpc) is 1.97. The van der Waals surface area contributed by atoms with Gasteiger partial charge in [-0.05, 0) is 26.7 Å². The van der Waals surface area contributed by atoms with E-state index in [0.717, 1.165) is 13.1 Å². The minimum Gasteiger partial charge on any atom is -0.255 e.